The summed E-state index contributed by atoms with van der Waals surface area (Å²) < 4.78 is 37.9. The first-order valence-corrected chi connectivity index (χ1v) is 6.32. The molecule has 1 aromatic heterocycles. The fourth-order valence-corrected chi connectivity index (χ4v) is 2.25. The monoisotopic (exact) mass is 273 g/mol. The Morgan fingerprint density at radius 3 is 2.53 bits per heavy atom. The smallest absolute Gasteiger partial charge is 0.357 e. The van der Waals surface area contributed by atoms with Crippen LogP contribution in [0.5, 0.6) is 0 Å². The van der Waals surface area contributed by atoms with Gasteiger partial charge in [0.1, 0.15) is 5.82 Å². The minimum Gasteiger partial charge on any atom is -0.357 e. The summed E-state index contributed by atoms with van der Waals surface area (Å²) in [7, 11) is 0. The van der Waals surface area contributed by atoms with Gasteiger partial charge in [-0.25, -0.2) is 4.98 Å². The number of aromatic nitrogens is 1. The fraction of sp³-hybridized carbons (Fsp3) is 0.615. The molecule has 0 amide bonds. The zero-order valence-corrected chi connectivity index (χ0v) is 10.9. The molecule has 0 spiro atoms. The Labute approximate surface area is 110 Å². The van der Waals surface area contributed by atoms with E-state index in [0.29, 0.717) is 25.5 Å². The third-order valence-electron chi connectivity index (χ3n) is 3.86. The average molecular weight is 273 g/mol. The molecule has 1 aliphatic rings. The lowest BCUT2D eigenvalue weighted by atomic mass is 9.80. The maximum Gasteiger partial charge on any atom is 0.416 e. The SMILES string of the molecule is CC1(CN)CCN(c2cc(C(F)(F)F)ccn2)CC1. The van der Waals surface area contributed by atoms with Gasteiger partial charge in [0.2, 0.25) is 0 Å². The van der Waals surface area contributed by atoms with Crippen LogP contribution in [0.15, 0.2) is 18.3 Å². The number of alkyl halides is 3. The predicted octanol–water partition coefficient (Wildman–Crippen LogP) is 2.67. The number of nitrogens with two attached hydrogens (primary N) is 1. The summed E-state index contributed by atoms with van der Waals surface area (Å²) in [5, 5.41) is 0. The van der Waals surface area contributed by atoms with Gasteiger partial charge in [-0.15, -0.1) is 0 Å². The summed E-state index contributed by atoms with van der Waals surface area (Å²) in [5.41, 5.74) is 5.17. The van der Waals surface area contributed by atoms with E-state index in [1.54, 1.807) is 0 Å². The van der Waals surface area contributed by atoms with Crippen molar-refractivity contribution in [1.29, 1.82) is 0 Å². The lowest BCUT2D eigenvalue weighted by molar-refractivity contribution is -0.137. The van der Waals surface area contributed by atoms with E-state index >= 15 is 0 Å². The van der Waals surface area contributed by atoms with Gasteiger partial charge < -0.3 is 10.6 Å². The van der Waals surface area contributed by atoms with Crippen molar-refractivity contribution in [1.82, 2.24) is 4.98 Å². The largest absolute Gasteiger partial charge is 0.416 e. The summed E-state index contributed by atoms with van der Waals surface area (Å²) in [6, 6.07) is 2.11. The molecule has 0 unspecified atom stereocenters. The molecule has 0 saturated carbocycles. The normalized spacial score (nSPS) is 19.5. The average Bonchev–Trinajstić information content (AvgIpc) is 2.39. The summed E-state index contributed by atoms with van der Waals surface area (Å²) in [4.78, 5) is 5.94. The van der Waals surface area contributed by atoms with Gasteiger partial charge in [-0.2, -0.15) is 13.2 Å². The molecule has 0 atom stereocenters. The lowest BCUT2D eigenvalue weighted by Crippen LogP contribution is -2.42. The van der Waals surface area contributed by atoms with Crippen molar-refractivity contribution in [2.45, 2.75) is 25.9 Å². The van der Waals surface area contributed by atoms with Crippen LogP contribution in [-0.2, 0) is 6.18 Å². The Bertz CT molecular complexity index is 437. The maximum absolute atomic E-state index is 12.6. The highest BCUT2D eigenvalue weighted by Gasteiger charge is 2.33. The number of hydrogen-bond acceptors (Lipinski definition) is 3. The highest BCUT2D eigenvalue weighted by molar-refractivity contribution is 5.42. The van der Waals surface area contributed by atoms with Crippen molar-refractivity contribution in [2.24, 2.45) is 11.1 Å². The van der Waals surface area contributed by atoms with E-state index < -0.39 is 11.7 Å². The van der Waals surface area contributed by atoms with Gasteiger partial charge in [-0.3, -0.25) is 0 Å². The number of piperidine rings is 1. The summed E-state index contributed by atoms with van der Waals surface area (Å²) >= 11 is 0. The molecule has 1 fully saturated rings. The molecule has 19 heavy (non-hydrogen) atoms. The van der Waals surface area contributed by atoms with Crippen LogP contribution in [0.2, 0.25) is 0 Å². The second-order valence-electron chi connectivity index (χ2n) is 5.40. The van der Waals surface area contributed by atoms with Crippen LogP contribution in [0.4, 0.5) is 19.0 Å². The Kier molecular flexibility index (Phi) is 3.71. The number of pyridine rings is 1. The number of anilines is 1. The molecule has 106 valence electrons. The van der Waals surface area contributed by atoms with E-state index in [9.17, 15) is 13.2 Å². The topological polar surface area (TPSA) is 42.1 Å². The number of halogens is 3. The minimum atomic E-state index is -4.32. The fourth-order valence-electron chi connectivity index (χ4n) is 2.25. The van der Waals surface area contributed by atoms with Crippen LogP contribution in [0.1, 0.15) is 25.3 Å². The number of rotatable bonds is 2. The predicted molar refractivity (Wildman–Crippen MR) is 67.8 cm³/mol. The molecular weight excluding hydrogens is 255 g/mol. The first kappa shape index (κ1) is 14.1. The molecule has 6 heteroatoms. The van der Waals surface area contributed by atoms with Gasteiger partial charge in [0.25, 0.3) is 0 Å². The first-order chi connectivity index (χ1) is 8.84. The summed E-state index contributed by atoms with van der Waals surface area (Å²) in [5.74, 6) is 0.397. The van der Waals surface area contributed by atoms with E-state index in [4.69, 9.17) is 5.73 Å². The quantitative estimate of drug-likeness (QED) is 0.900. The Morgan fingerprint density at radius 2 is 2.00 bits per heavy atom. The van der Waals surface area contributed by atoms with Gasteiger partial charge >= 0.3 is 6.18 Å². The standard InChI is InChI=1S/C13H18F3N3/c1-12(9-17)3-6-19(7-4-12)11-8-10(2-5-18-11)13(14,15)16/h2,5,8H,3-4,6-7,9,17H2,1H3. The van der Waals surface area contributed by atoms with Crippen LogP contribution < -0.4 is 10.6 Å². The zero-order valence-electron chi connectivity index (χ0n) is 10.9. The van der Waals surface area contributed by atoms with Crippen molar-refractivity contribution in [2.75, 3.05) is 24.5 Å². The zero-order chi connectivity index (χ0) is 14.1. The molecule has 0 bridgehead atoms. The molecular formula is C13H18F3N3. The first-order valence-electron chi connectivity index (χ1n) is 6.32. The Balaban J connectivity index is 2.12. The van der Waals surface area contributed by atoms with Crippen LogP contribution in [-0.4, -0.2) is 24.6 Å². The lowest BCUT2D eigenvalue weighted by Gasteiger charge is -2.39. The molecule has 3 nitrogen and oxygen atoms in total. The molecule has 0 aromatic carbocycles. The van der Waals surface area contributed by atoms with E-state index in [2.05, 4.69) is 11.9 Å². The van der Waals surface area contributed by atoms with E-state index in [-0.39, 0.29) is 5.41 Å². The third-order valence-corrected chi connectivity index (χ3v) is 3.86. The van der Waals surface area contributed by atoms with Crippen LogP contribution in [0.3, 0.4) is 0 Å². The summed E-state index contributed by atoms with van der Waals surface area (Å²) in [6.45, 7) is 4.12. The molecule has 0 radical (unpaired) electrons. The Morgan fingerprint density at radius 1 is 1.37 bits per heavy atom. The maximum atomic E-state index is 12.6. The van der Waals surface area contributed by atoms with Crippen molar-refractivity contribution in [3.8, 4) is 0 Å². The molecule has 1 aromatic rings. The van der Waals surface area contributed by atoms with Gasteiger partial charge in [0.15, 0.2) is 0 Å². The molecule has 2 heterocycles. The van der Waals surface area contributed by atoms with Crippen LogP contribution >= 0.6 is 0 Å². The Hall–Kier alpha value is -1.30. The van der Waals surface area contributed by atoms with Crippen molar-refractivity contribution < 1.29 is 13.2 Å². The number of hydrogen-bond donors (Lipinski definition) is 1. The molecule has 1 aliphatic heterocycles. The van der Waals surface area contributed by atoms with Crippen LogP contribution in [0.25, 0.3) is 0 Å². The molecule has 1 saturated heterocycles. The minimum absolute atomic E-state index is 0.0954. The van der Waals surface area contributed by atoms with Gasteiger partial charge in [0, 0.05) is 19.3 Å². The van der Waals surface area contributed by atoms with Crippen molar-refractivity contribution in [3.05, 3.63) is 23.9 Å². The van der Waals surface area contributed by atoms with E-state index in [1.165, 1.54) is 6.20 Å². The van der Waals surface area contributed by atoms with Crippen molar-refractivity contribution >= 4 is 5.82 Å². The summed E-state index contributed by atoms with van der Waals surface area (Å²) in [6.07, 6.45) is -1.35. The third kappa shape index (κ3) is 3.18. The second-order valence-corrected chi connectivity index (χ2v) is 5.40. The molecule has 2 N–H and O–H groups in total. The molecule has 0 aliphatic carbocycles. The molecule has 2 rings (SSSR count). The number of nitrogens with zero attached hydrogens (tertiary/aromatic N) is 2. The van der Waals surface area contributed by atoms with E-state index in [1.807, 2.05) is 4.90 Å². The van der Waals surface area contributed by atoms with Crippen molar-refractivity contribution in [3.63, 3.8) is 0 Å². The van der Waals surface area contributed by atoms with Gasteiger partial charge in [-0.05, 0) is 36.9 Å². The highest BCUT2D eigenvalue weighted by atomic mass is 19.4. The van der Waals surface area contributed by atoms with Crippen LogP contribution in [0, 0.1) is 5.41 Å². The highest BCUT2D eigenvalue weighted by Crippen LogP contribution is 2.34. The van der Waals surface area contributed by atoms with Gasteiger partial charge in [0.05, 0.1) is 5.56 Å². The van der Waals surface area contributed by atoms with E-state index in [0.717, 1.165) is 25.0 Å². The van der Waals surface area contributed by atoms with Gasteiger partial charge in [-0.1, -0.05) is 6.92 Å². The second kappa shape index (κ2) is 5.00.